The maximum absolute atomic E-state index is 2.40. The molecule has 0 nitrogen and oxygen atoms in total. The van der Waals surface area contributed by atoms with Gasteiger partial charge in [0.2, 0.25) is 0 Å². The van der Waals surface area contributed by atoms with Gasteiger partial charge in [-0.2, -0.15) is 47.0 Å². The highest BCUT2D eigenvalue weighted by Crippen LogP contribution is 2.32. The van der Waals surface area contributed by atoms with Crippen molar-refractivity contribution in [2.45, 2.75) is 54.4 Å². The standard InChI is InChI=1S/C20H40S4/c1-19(2,3)11-17-13-21-7-9-23-15-18(12-20(4,5)6)16-24-10-8-22-14-17/h17-18H,7-16H2,1-6H3. The average molecular weight is 409 g/mol. The van der Waals surface area contributed by atoms with Crippen molar-refractivity contribution in [1.29, 1.82) is 0 Å². The second kappa shape index (κ2) is 12.0. The molecule has 24 heavy (non-hydrogen) atoms. The van der Waals surface area contributed by atoms with Gasteiger partial charge in [0.25, 0.3) is 0 Å². The van der Waals surface area contributed by atoms with Gasteiger partial charge in [-0.15, -0.1) is 0 Å². The van der Waals surface area contributed by atoms with Crippen LogP contribution in [-0.2, 0) is 0 Å². The van der Waals surface area contributed by atoms with E-state index in [0.29, 0.717) is 10.8 Å². The fourth-order valence-corrected chi connectivity index (χ4v) is 8.43. The van der Waals surface area contributed by atoms with Gasteiger partial charge in [-0.25, -0.2) is 0 Å². The molecule has 4 heteroatoms. The minimum atomic E-state index is 0.473. The largest absolute Gasteiger partial charge is 0.161 e. The molecular weight excluding hydrogens is 368 g/mol. The van der Waals surface area contributed by atoms with Gasteiger partial charge in [0.15, 0.2) is 0 Å². The fraction of sp³-hybridized carbons (Fsp3) is 1.00. The lowest BCUT2D eigenvalue weighted by molar-refractivity contribution is 0.325. The Morgan fingerprint density at radius 1 is 0.542 bits per heavy atom. The summed E-state index contributed by atoms with van der Waals surface area (Å²) < 4.78 is 0. The first-order valence-corrected chi connectivity index (χ1v) is 14.1. The molecule has 1 aliphatic rings. The molecule has 0 aromatic heterocycles. The van der Waals surface area contributed by atoms with E-state index in [1.165, 1.54) is 58.9 Å². The predicted octanol–water partition coefficient (Wildman–Crippen LogP) is 7.04. The van der Waals surface area contributed by atoms with Crippen LogP contribution in [-0.4, -0.2) is 46.0 Å². The molecule has 1 aliphatic heterocycles. The van der Waals surface area contributed by atoms with E-state index in [-0.39, 0.29) is 0 Å². The zero-order valence-corrected chi connectivity index (χ0v) is 20.1. The maximum atomic E-state index is 2.40. The van der Waals surface area contributed by atoms with E-state index >= 15 is 0 Å². The van der Waals surface area contributed by atoms with Crippen LogP contribution in [0.4, 0.5) is 0 Å². The van der Waals surface area contributed by atoms with Gasteiger partial charge in [-0.3, -0.25) is 0 Å². The van der Waals surface area contributed by atoms with E-state index in [1.54, 1.807) is 0 Å². The highest BCUT2D eigenvalue weighted by Gasteiger charge is 2.21. The topological polar surface area (TPSA) is 0 Å². The molecule has 0 aromatic rings. The summed E-state index contributed by atoms with van der Waals surface area (Å²) in [5.41, 5.74) is 0.946. The summed E-state index contributed by atoms with van der Waals surface area (Å²) in [4.78, 5) is 0. The first-order valence-electron chi connectivity index (χ1n) is 9.47. The molecule has 0 amide bonds. The first-order chi connectivity index (χ1) is 11.2. The summed E-state index contributed by atoms with van der Waals surface area (Å²) in [7, 11) is 0. The van der Waals surface area contributed by atoms with E-state index in [9.17, 15) is 0 Å². The van der Waals surface area contributed by atoms with Crippen LogP contribution in [0.25, 0.3) is 0 Å². The fourth-order valence-electron chi connectivity index (χ4n) is 3.30. The lowest BCUT2D eigenvalue weighted by atomic mass is 9.86. The van der Waals surface area contributed by atoms with Gasteiger partial charge in [0.1, 0.15) is 0 Å². The van der Waals surface area contributed by atoms with Crippen LogP contribution >= 0.6 is 47.0 Å². The lowest BCUT2D eigenvalue weighted by Crippen LogP contribution is -2.19. The third-order valence-corrected chi connectivity index (χ3v) is 9.28. The summed E-state index contributed by atoms with van der Waals surface area (Å²) >= 11 is 8.81. The van der Waals surface area contributed by atoms with Gasteiger partial charge < -0.3 is 0 Å². The normalized spacial score (nSPS) is 26.8. The Balaban J connectivity index is 2.43. The van der Waals surface area contributed by atoms with Gasteiger partial charge in [-0.05, 0) is 58.5 Å². The van der Waals surface area contributed by atoms with E-state index in [0.717, 1.165) is 11.8 Å². The second-order valence-corrected chi connectivity index (χ2v) is 14.2. The molecule has 0 aromatic carbocycles. The third-order valence-electron chi connectivity index (χ3n) is 3.96. The monoisotopic (exact) mass is 408 g/mol. The molecule has 0 unspecified atom stereocenters. The molecule has 0 radical (unpaired) electrons. The maximum Gasteiger partial charge on any atom is 0.00236 e. The quantitative estimate of drug-likeness (QED) is 0.480. The highest BCUT2D eigenvalue weighted by atomic mass is 32.2. The van der Waals surface area contributed by atoms with Crippen LogP contribution in [0.15, 0.2) is 0 Å². The summed E-state index contributed by atoms with van der Waals surface area (Å²) in [6.45, 7) is 14.4. The zero-order chi connectivity index (χ0) is 18.1. The van der Waals surface area contributed by atoms with Crippen molar-refractivity contribution in [1.82, 2.24) is 0 Å². The summed E-state index contributed by atoms with van der Waals surface area (Å²) in [5, 5.41) is 0. The Morgan fingerprint density at radius 3 is 1.00 bits per heavy atom. The lowest BCUT2D eigenvalue weighted by Gasteiger charge is -2.27. The Hall–Kier alpha value is 1.40. The predicted molar refractivity (Wildman–Crippen MR) is 124 cm³/mol. The Bertz CT molecular complexity index is 269. The SMILES string of the molecule is CC(C)(C)CC1CSCCSCC(CC(C)(C)C)CSCCSC1. The van der Waals surface area contributed by atoms with Crippen molar-refractivity contribution in [2.75, 3.05) is 46.0 Å². The van der Waals surface area contributed by atoms with Gasteiger partial charge >= 0.3 is 0 Å². The van der Waals surface area contributed by atoms with Crippen LogP contribution in [0.5, 0.6) is 0 Å². The zero-order valence-electron chi connectivity index (χ0n) is 16.9. The van der Waals surface area contributed by atoms with Gasteiger partial charge in [0, 0.05) is 23.0 Å². The number of hydrogen-bond acceptors (Lipinski definition) is 4. The van der Waals surface area contributed by atoms with Crippen LogP contribution in [0, 0.1) is 22.7 Å². The average Bonchev–Trinajstić information content (AvgIpc) is 2.41. The van der Waals surface area contributed by atoms with E-state index in [2.05, 4.69) is 88.6 Å². The summed E-state index contributed by atoms with van der Waals surface area (Å²) in [6, 6.07) is 0. The Kier molecular flexibility index (Phi) is 11.7. The van der Waals surface area contributed by atoms with Crippen molar-refractivity contribution in [3.05, 3.63) is 0 Å². The van der Waals surface area contributed by atoms with Crippen LogP contribution < -0.4 is 0 Å². The molecule has 144 valence electrons. The highest BCUT2D eigenvalue weighted by molar-refractivity contribution is 8.03. The van der Waals surface area contributed by atoms with Crippen molar-refractivity contribution in [3.63, 3.8) is 0 Å². The van der Waals surface area contributed by atoms with Crippen molar-refractivity contribution >= 4 is 47.0 Å². The molecular formula is C20H40S4. The molecule has 1 heterocycles. The van der Waals surface area contributed by atoms with Gasteiger partial charge in [0.05, 0.1) is 0 Å². The molecule has 0 N–H and O–H groups in total. The first kappa shape index (κ1) is 23.4. The molecule has 0 spiro atoms. The van der Waals surface area contributed by atoms with Gasteiger partial charge in [-0.1, -0.05) is 41.5 Å². The van der Waals surface area contributed by atoms with Crippen LogP contribution in [0.3, 0.4) is 0 Å². The summed E-state index contributed by atoms with van der Waals surface area (Å²) in [5.74, 6) is 12.6. The van der Waals surface area contributed by atoms with Crippen molar-refractivity contribution < 1.29 is 0 Å². The Morgan fingerprint density at radius 2 is 0.792 bits per heavy atom. The van der Waals surface area contributed by atoms with E-state index < -0.39 is 0 Å². The van der Waals surface area contributed by atoms with Crippen LogP contribution in [0.2, 0.25) is 0 Å². The minimum Gasteiger partial charge on any atom is -0.161 e. The number of rotatable bonds is 2. The van der Waals surface area contributed by atoms with Crippen molar-refractivity contribution in [3.8, 4) is 0 Å². The minimum absolute atomic E-state index is 0.473. The van der Waals surface area contributed by atoms with Crippen LogP contribution in [0.1, 0.15) is 54.4 Å². The molecule has 0 aliphatic carbocycles. The summed E-state index contributed by atoms with van der Waals surface area (Å²) in [6.07, 6.45) is 2.75. The number of thioether (sulfide) groups is 4. The number of hydrogen-bond donors (Lipinski definition) is 0. The second-order valence-electron chi connectivity index (χ2n) is 9.56. The molecule has 0 saturated carbocycles. The van der Waals surface area contributed by atoms with E-state index in [4.69, 9.17) is 0 Å². The third kappa shape index (κ3) is 13.6. The molecule has 0 bridgehead atoms. The molecule has 0 atom stereocenters. The molecule has 1 rings (SSSR count). The smallest absolute Gasteiger partial charge is 0.00236 e. The van der Waals surface area contributed by atoms with E-state index in [1.807, 2.05) is 0 Å². The molecule has 1 saturated heterocycles. The molecule has 1 fully saturated rings. The van der Waals surface area contributed by atoms with Crippen molar-refractivity contribution in [2.24, 2.45) is 22.7 Å². The Labute approximate surface area is 169 Å².